The monoisotopic (exact) mass is 540 g/mol. The van der Waals surface area contributed by atoms with E-state index in [0.717, 1.165) is 57.7 Å². The number of benzene rings is 1. The van der Waals surface area contributed by atoms with E-state index in [-0.39, 0.29) is 24.0 Å². The summed E-state index contributed by atoms with van der Waals surface area (Å²) in [7, 11) is 0. The van der Waals surface area contributed by atoms with Gasteiger partial charge >= 0.3 is 0 Å². The van der Waals surface area contributed by atoms with Crippen LogP contribution >= 0.6 is 24.0 Å². The van der Waals surface area contributed by atoms with Crippen LogP contribution in [0.1, 0.15) is 37.7 Å². The summed E-state index contributed by atoms with van der Waals surface area (Å²) in [4.78, 5) is 11.8. The van der Waals surface area contributed by atoms with Crippen molar-refractivity contribution in [2.45, 2.75) is 47.0 Å². The second-order valence-electron chi connectivity index (χ2n) is 8.10. The quantitative estimate of drug-likeness (QED) is 0.291. The molecule has 1 aliphatic heterocycles. The van der Waals surface area contributed by atoms with E-state index in [2.05, 4.69) is 70.1 Å². The van der Waals surface area contributed by atoms with E-state index >= 15 is 0 Å². The Kier molecular flexibility index (Phi) is 11.3. The maximum atomic E-state index is 5.47. The van der Waals surface area contributed by atoms with Crippen LogP contribution in [0.3, 0.4) is 0 Å². The number of nitrogens with zero attached hydrogens (tertiary/aromatic N) is 4. The minimum Gasteiger partial charge on any atom is -0.379 e. The number of hydrogen-bond acceptors (Lipinski definition) is 4. The van der Waals surface area contributed by atoms with Gasteiger partial charge in [-0.15, -0.1) is 24.0 Å². The zero-order valence-electron chi connectivity index (χ0n) is 19.0. The second-order valence-corrected chi connectivity index (χ2v) is 8.10. The van der Waals surface area contributed by atoms with E-state index in [1.807, 2.05) is 12.4 Å². The van der Waals surface area contributed by atoms with Gasteiger partial charge in [0.15, 0.2) is 5.96 Å². The van der Waals surface area contributed by atoms with Crippen LogP contribution in [0.25, 0.3) is 0 Å². The van der Waals surface area contributed by atoms with Crippen LogP contribution < -0.4 is 10.6 Å². The van der Waals surface area contributed by atoms with E-state index in [1.54, 1.807) is 0 Å². The number of morpholine rings is 1. The van der Waals surface area contributed by atoms with E-state index in [1.165, 1.54) is 11.1 Å². The van der Waals surface area contributed by atoms with Gasteiger partial charge in [-0.25, -0.2) is 9.98 Å². The topological polar surface area (TPSA) is 66.7 Å². The van der Waals surface area contributed by atoms with Gasteiger partial charge in [-0.05, 0) is 24.0 Å². The summed E-state index contributed by atoms with van der Waals surface area (Å²) in [5.41, 5.74) is 2.61. The van der Waals surface area contributed by atoms with Gasteiger partial charge < -0.3 is 19.9 Å². The molecule has 172 valence electrons. The number of imidazole rings is 1. The van der Waals surface area contributed by atoms with Crippen LogP contribution in [0.15, 0.2) is 41.7 Å². The van der Waals surface area contributed by atoms with Crippen molar-refractivity contribution in [2.75, 3.05) is 32.8 Å². The molecule has 1 fully saturated rings. The van der Waals surface area contributed by atoms with Crippen molar-refractivity contribution in [3.63, 3.8) is 0 Å². The predicted octanol–water partition coefficient (Wildman–Crippen LogP) is 3.24. The zero-order chi connectivity index (χ0) is 21.2. The molecule has 0 amide bonds. The number of ether oxygens (including phenoxy) is 1. The second kappa shape index (κ2) is 13.7. The van der Waals surface area contributed by atoms with Crippen molar-refractivity contribution in [1.82, 2.24) is 25.1 Å². The van der Waals surface area contributed by atoms with Gasteiger partial charge in [0.05, 0.1) is 26.3 Å². The van der Waals surface area contributed by atoms with Crippen LogP contribution in [-0.4, -0.2) is 53.3 Å². The summed E-state index contributed by atoms with van der Waals surface area (Å²) >= 11 is 0. The first kappa shape index (κ1) is 25.6. The highest BCUT2D eigenvalue weighted by Crippen LogP contribution is 2.14. The molecule has 0 saturated carbocycles. The molecule has 8 heteroatoms. The van der Waals surface area contributed by atoms with Gasteiger partial charge in [0.2, 0.25) is 0 Å². The Morgan fingerprint density at radius 3 is 2.61 bits per heavy atom. The van der Waals surface area contributed by atoms with Gasteiger partial charge in [0.1, 0.15) is 5.82 Å². The zero-order valence-corrected chi connectivity index (χ0v) is 21.3. The average Bonchev–Trinajstić information content (AvgIpc) is 3.18. The highest BCUT2D eigenvalue weighted by atomic mass is 127. The molecule has 1 saturated heterocycles. The Morgan fingerprint density at radius 1 is 1.16 bits per heavy atom. The number of rotatable bonds is 9. The summed E-state index contributed by atoms with van der Waals surface area (Å²) in [6.45, 7) is 14.2. The maximum absolute atomic E-state index is 5.47. The molecule has 1 aliphatic rings. The number of halogens is 1. The smallest absolute Gasteiger partial charge is 0.191 e. The highest BCUT2D eigenvalue weighted by Gasteiger charge is 2.13. The van der Waals surface area contributed by atoms with Gasteiger partial charge in [0, 0.05) is 45.1 Å². The molecule has 0 spiro atoms. The fraction of sp³-hybridized carbons (Fsp3) is 0.565. The minimum atomic E-state index is 0. The Labute approximate surface area is 203 Å². The van der Waals surface area contributed by atoms with Crippen LogP contribution in [-0.2, 0) is 30.9 Å². The fourth-order valence-electron chi connectivity index (χ4n) is 3.60. The molecule has 0 aliphatic carbocycles. The van der Waals surface area contributed by atoms with Crippen LogP contribution in [0.5, 0.6) is 0 Å². The first-order valence-corrected chi connectivity index (χ1v) is 11.0. The van der Waals surface area contributed by atoms with E-state index in [0.29, 0.717) is 19.0 Å². The summed E-state index contributed by atoms with van der Waals surface area (Å²) in [5.74, 6) is 2.43. The van der Waals surface area contributed by atoms with Crippen molar-refractivity contribution in [3.8, 4) is 0 Å². The summed E-state index contributed by atoms with van der Waals surface area (Å²) in [5, 5.41) is 6.79. The van der Waals surface area contributed by atoms with Crippen molar-refractivity contribution in [2.24, 2.45) is 10.9 Å². The maximum Gasteiger partial charge on any atom is 0.191 e. The summed E-state index contributed by atoms with van der Waals surface area (Å²) < 4.78 is 7.68. The van der Waals surface area contributed by atoms with E-state index in [9.17, 15) is 0 Å². The van der Waals surface area contributed by atoms with Crippen LogP contribution in [0, 0.1) is 5.92 Å². The molecule has 0 radical (unpaired) electrons. The molecule has 2 heterocycles. The van der Waals surface area contributed by atoms with Crippen molar-refractivity contribution in [3.05, 3.63) is 53.6 Å². The number of nitrogens with one attached hydrogen (secondary N) is 2. The fourth-order valence-corrected chi connectivity index (χ4v) is 3.60. The van der Waals surface area contributed by atoms with Crippen molar-refractivity contribution < 1.29 is 4.74 Å². The van der Waals surface area contributed by atoms with E-state index < -0.39 is 0 Å². The minimum absolute atomic E-state index is 0. The Morgan fingerprint density at radius 2 is 1.90 bits per heavy atom. The van der Waals surface area contributed by atoms with Gasteiger partial charge in [-0.3, -0.25) is 4.90 Å². The third kappa shape index (κ3) is 8.42. The number of aromatic nitrogens is 2. The summed E-state index contributed by atoms with van der Waals surface area (Å²) in [6, 6.07) is 8.60. The molecular formula is C23H37IN6O. The first-order chi connectivity index (χ1) is 14.7. The summed E-state index contributed by atoms with van der Waals surface area (Å²) in [6.07, 6.45) is 3.91. The Hall–Kier alpha value is -1.65. The molecule has 1 aromatic heterocycles. The molecule has 3 rings (SSSR count). The Bertz CT molecular complexity index is 801. The molecule has 0 atom stereocenters. The molecule has 0 unspecified atom stereocenters. The molecule has 31 heavy (non-hydrogen) atoms. The molecular weight excluding hydrogens is 503 g/mol. The van der Waals surface area contributed by atoms with Crippen molar-refractivity contribution >= 4 is 29.9 Å². The third-order valence-electron chi connectivity index (χ3n) is 5.15. The lowest BCUT2D eigenvalue weighted by Gasteiger charge is -2.27. The highest BCUT2D eigenvalue weighted by molar-refractivity contribution is 14.0. The van der Waals surface area contributed by atoms with Gasteiger partial charge in [-0.1, -0.05) is 38.1 Å². The molecule has 2 aromatic rings. The average molecular weight is 540 g/mol. The predicted molar refractivity (Wildman–Crippen MR) is 137 cm³/mol. The molecule has 2 N–H and O–H groups in total. The lowest BCUT2D eigenvalue weighted by molar-refractivity contribution is 0.0341. The molecule has 0 bridgehead atoms. The number of aliphatic imine (C=N–C) groups is 1. The largest absolute Gasteiger partial charge is 0.379 e. The lowest BCUT2D eigenvalue weighted by Crippen LogP contribution is -2.37. The lowest BCUT2D eigenvalue weighted by atomic mass is 10.1. The Balaban J connectivity index is 0.00000341. The van der Waals surface area contributed by atoms with Gasteiger partial charge in [-0.2, -0.15) is 0 Å². The van der Waals surface area contributed by atoms with E-state index in [4.69, 9.17) is 9.73 Å². The first-order valence-electron chi connectivity index (χ1n) is 11.0. The standard InChI is InChI=1S/C23H36N6O.HI/c1-4-24-23(27-16-22-25-9-10-29(22)17-19(2)3)26-15-20-7-5-6-8-21(20)18-28-11-13-30-14-12-28;/h5-10,19H,4,11-18H2,1-3H3,(H2,24,26,27);1H. The van der Waals surface area contributed by atoms with Crippen molar-refractivity contribution in [1.29, 1.82) is 0 Å². The van der Waals surface area contributed by atoms with Crippen LogP contribution in [0.4, 0.5) is 0 Å². The number of guanidine groups is 1. The third-order valence-corrected chi connectivity index (χ3v) is 5.15. The normalized spacial score (nSPS) is 15.0. The SMILES string of the molecule is CCNC(=NCc1ccccc1CN1CCOCC1)NCc1nccn1CC(C)C.I. The number of hydrogen-bond donors (Lipinski definition) is 2. The van der Waals surface area contributed by atoms with Gasteiger partial charge in [0.25, 0.3) is 0 Å². The van der Waals surface area contributed by atoms with Crippen LogP contribution in [0.2, 0.25) is 0 Å². The molecule has 7 nitrogen and oxygen atoms in total. The molecule has 1 aromatic carbocycles.